The van der Waals surface area contributed by atoms with Gasteiger partial charge in [0.05, 0.1) is 0 Å². The first-order chi connectivity index (χ1) is 8.36. The minimum atomic E-state index is 0.192. The summed E-state index contributed by atoms with van der Waals surface area (Å²) in [5, 5.41) is 1.37. The van der Waals surface area contributed by atoms with Crippen molar-refractivity contribution in [1.29, 1.82) is 0 Å². The lowest BCUT2D eigenvalue weighted by molar-refractivity contribution is 0.591. The summed E-state index contributed by atoms with van der Waals surface area (Å²) in [5.74, 6) is 0. The summed E-state index contributed by atoms with van der Waals surface area (Å²) >= 11 is 0. The maximum absolute atomic E-state index is 5.74. The van der Waals surface area contributed by atoms with Crippen LogP contribution < -0.4 is 5.73 Å². The van der Waals surface area contributed by atoms with Gasteiger partial charge in [-0.05, 0) is 48.6 Å². The second-order valence-corrected chi connectivity index (χ2v) is 6.14. The first kappa shape index (κ1) is 13.2. The molecule has 2 aromatic rings. The SMILES string of the molecule is Cc1c(CCN)c2cc(C(C)(C)C)ccc2n1C. The molecule has 0 bridgehead atoms. The third-order valence-electron chi connectivity index (χ3n) is 3.88. The topological polar surface area (TPSA) is 30.9 Å². The monoisotopic (exact) mass is 244 g/mol. The second-order valence-electron chi connectivity index (χ2n) is 6.14. The Balaban J connectivity index is 2.71. The lowest BCUT2D eigenvalue weighted by Gasteiger charge is -2.19. The van der Waals surface area contributed by atoms with Gasteiger partial charge in [-0.25, -0.2) is 0 Å². The molecule has 98 valence electrons. The minimum Gasteiger partial charge on any atom is -0.348 e. The van der Waals surface area contributed by atoms with Crippen molar-refractivity contribution >= 4 is 10.9 Å². The van der Waals surface area contributed by atoms with Crippen molar-refractivity contribution in [1.82, 2.24) is 4.57 Å². The van der Waals surface area contributed by atoms with Gasteiger partial charge in [-0.2, -0.15) is 0 Å². The highest BCUT2D eigenvalue weighted by Crippen LogP contribution is 2.30. The van der Waals surface area contributed by atoms with E-state index < -0.39 is 0 Å². The number of hydrogen-bond acceptors (Lipinski definition) is 1. The van der Waals surface area contributed by atoms with Gasteiger partial charge in [-0.1, -0.05) is 26.8 Å². The average Bonchev–Trinajstić information content (AvgIpc) is 2.53. The standard InChI is InChI=1S/C16H24N2/c1-11-13(8-9-17)14-10-12(16(2,3)4)6-7-15(14)18(11)5/h6-7,10H,8-9,17H2,1-5H3. The van der Waals surface area contributed by atoms with Crippen molar-refractivity contribution in [3.05, 3.63) is 35.0 Å². The minimum absolute atomic E-state index is 0.192. The summed E-state index contributed by atoms with van der Waals surface area (Å²) in [6.45, 7) is 9.66. The fraction of sp³-hybridized carbons (Fsp3) is 0.500. The summed E-state index contributed by atoms with van der Waals surface area (Å²) in [6, 6.07) is 6.82. The van der Waals surface area contributed by atoms with Gasteiger partial charge < -0.3 is 10.3 Å². The lowest BCUT2D eigenvalue weighted by Crippen LogP contribution is -2.10. The number of aromatic nitrogens is 1. The van der Waals surface area contributed by atoms with Crippen LogP contribution >= 0.6 is 0 Å². The van der Waals surface area contributed by atoms with Crippen molar-refractivity contribution in [2.45, 2.75) is 39.5 Å². The molecule has 1 aromatic carbocycles. The van der Waals surface area contributed by atoms with Crippen molar-refractivity contribution in [3.8, 4) is 0 Å². The number of benzene rings is 1. The highest BCUT2D eigenvalue weighted by Gasteiger charge is 2.17. The van der Waals surface area contributed by atoms with Crippen molar-refractivity contribution < 1.29 is 0 Å². The van der Waals surface area contributed by atoms with Gasteiger partial charge in [-0.15, -0.1) is 0 Å². The molecule has 0 fully saturated rings. The molecule has 0 aliphatic carbocycles. The molecule has 0 radical (unpaired) electrons. The number of rotatable bonds is 2. The molecular formula is C16H24N2. The quantitative estimate of drug-likeness (QED) is 0.863. The predicted molar refractivity (Wildman–Crippen MR) is 79.1 cm³/mol. The van der Waals surface area contributed by atoms with Crippen LogP contribution in [-0.4, -0.2) is 11.1 Å². The largest absolute Gasteiger partial charge is 0.348 e. The summed E-state index contributed by atoms with van der Waals surface area (Å²) in [5.41, 5.74) is 11.4. The molecule has 1 aromatic heterocycles. The molecule has 18 heavy (non-hydrogen) atoms. The maximum Gasteiger partial charge on any atom is 0.0482 e. The Bertz CT molecular complexity index is 571. The van der Waals surface area contributed by atoms with E-state index in [2.05, 4.69) is 57.5 Å². The Morgan fingerprint density at radius 1 is 1.22 bits per heavy atom. The smallest absolute Gasteiger partial charge is 0.0482 e. The van der Waals surface area contributed by atoms with Crippen LogP contribution in [0.15, 0.2) is 18.2 Å². The van der Waals surface area contributed by atoms with Crippen molar-refractivity contribution in [3.63, 3.8) is 0 Å². The van der Waals surface area contributed by atoms with E-state index in [4.69, 9.17) is 5.73 Å². The lowest BCUT2D eigenvalue weighted by atomic mass is 9.86. The van der Waals surface area contributed by atoms with Crippen LogP contribution in [0.4, 0.5) is 0 Å². The van der Waals surface area contributed by atoms with E-state index in [9.17, 15) is 0 Å². The van der Waals surface area contributed by atoms with E-state index in [0.717, 1.165) is 6.42 Å². The van der Waals surface area contributed by atoms with Gasteiger partial charge in [0.25, 0.3) is 0 Å². The second kappa shape index (κ2) is 4.43. The third kappa shape index (κ3) is 2.05. The Morgan fingerprint density at radius 2 is 1.89 bits per heavy atom. The molecule has 0 spiro atoms. The number of fused-ring (bicyclic) bond motifs is 1. The van der Waals surface area contributed by atoms with Gasteiger partial charge in [-0.3, -0.25) is 0 Å². The van der Waals surface area contributed by atoms with Gasteiger partial charge in [0.2, 0.25) is 0 Å². The van der Waals surface area contributed by atoms with Gasteiger partial charge in [0.15, 0.2) is 0 Å². The van der Waals surface area contributed by atoms with E-state index in [-0.39, 0.29) is 5.41 Å². The van der Waals surface area contributed by atoms with E-state index in [0.29, 0.717) is 6.54 Å². The Hall–Kier alpha value is -1.28. The molecular weight excluding hydrogens is 220 g/mol. The van der Waals surface area contributed by atoms with Crippen LogP contribution in [0.25, 0.3) is 10.9 Å². The number of nitrogens with zero attached hydrogens (tertiary/aromatic N) is 1. The van der Waals surface area contributed by atoms with Gasteiger partial charge >= 0.3 is 0 Å². The van der Waals surface area contributed by atoms with Crippen LogP contribution in [-0.2, 0) is 18.9 Å². The molecule has 2 heteroatoms. The van der Waals surface area contributed by atoms with Crippen LogP contribution in [0.5, 0.6) is 0 Å². The summed E-state index contributed by atoms with van der Waals surface area (Å²) < 4.78 is 2.27. The van der Waals surface area contributed by atoms with Gasteiger partial charge in [0.1, 0.15) is 0 Å². The number of nitrogens with two attached hydrogens (primary N) is 1. The van der Waals surface area contributed by atoms with Crippen LogP contribution in [0, 0.1) is 6.92 Å². The summed E-state index contributed by atoms with van der Waals surface area (Å²) in [7, 11) is 2.13. The van der Waals surface area contributed by atoms with E-state index in [1.165, 1.54) is 27.7 Å². The summed E-state index contributed by atoms with van der Waals surface area (Å²) in [4.78, 5) is 0. The highest BCUT2D eigenvalue weighted by atomic mass is 14.9. The molecule has 0 saturated carbocycles. The fourth-order valence-electron chi connectivity index (χ4n) is 2.57. The Kier molecular flexibility index (Phi) is 3.24. The fourth-order valence-corrected chi connectivity index (χ4v) is 2.57. The molecule has 1 heterocycles. The zero-order chi connectivity index (χ0) is 13.5. The molecule has 2 rings (SSSR count). The van der Waals surface area contributed by atoms with Crippen molar-refractivity contribution in [2.24, 2.45) is 12.8 Å². The molecule has 0 aliphatic heterocycles. The molecule has 0 unspecified atom stereocenters. The van der Waals surface area contributed by atoms with E-state index in [1.807, 2.05) is 0 Å². The average molecular weight is 244 g/mol. The normalized spacial score (nSPS) is 12.3. The predicted octanol–water partition coefficient (Wildman–Crippen LogP) is 3.29. The zero-order valence-corrected chi connectivity index (χ0v) is 12.2. The first-order valence-electron chi connectivity index (χ1n) is 6.64. The molecule has 2 nitrogen and oxygen atoms in total. The summed E-state index contributed by atoms with van der Waals surface area (Å²) in [6.07, 6.45) is 0.955. The molecule has 0 amide bonds. The molecule has 2 N–H and O–H groups in total. The van der Waals surface area contributed by atoms with Crippen molar-refractivity contribution in [2.75, 3.05) is 6.54 Å². The number of aryl methyl sites for hydroxylation is 1. The number of hydrogen-bond donors (Lipinski definition) is 1. The third-order valence-corrected chi connectivity index (χ3v) is 3.88. The van der Waals surface area contributed by atoms with Crippen LogP contribution in [0.3, 0.4) is 0 Å². The zero-order valence-electron chi connectivity index (χ0n) is 12.2. The van der Waals surface area contributed by atoms with Crippen LogP contribution in [0.1, 0.15) is 37.6 Å². The molecule has 0 aliphatic rings. The van der Waals surface area contributed by atoms with Gasteiger partial charge in [0, 0.05) is 23.6 Å². The highest BCUT2D eigenvalue weighted by molar-refractivity contribution is 5.86. The van der Waals surface area contributed by atoms with Crippen LogP contribution in [0.2, 0.25) is 0 Å². The molecule has 0 saturated heterocycles. The maximum atomic E-state index is 5.74. The Morgan fingerprint density at radius 3 is 2.44 bits per heavy atom. The first-order valence-corrected chi connectivity index (χ1v) is 6.64. The molecule has 0 atom stereocenters. The van der Waals surface area contributed by atoms with E-state index >= 15 is 0 Å². The van der Waals surface area contributed by atoms with E-state index in [1.54, 1.807) is 0 Å². The Labute approximate surface area is 110 Å².